The quantitative estimate of drug-likeness (QED) is 0.877. The number of nitrogens with zero attached hydrogens (tertiary/aromatic N) is 1. The van der Waals surface area contributed by atoms with Gasteiger partial charge in [0.25, 0.3) is 0 Å². The number of halogens is 1. The van der Waals surface area contributed by atoms with Gasteiger partial charge in [-0.3, -0.25) is 0 Å². The predicted octanol–water partition coefficient (Wildman–Crippen LogP) is 3.36. The molecule has 0 radical (unpaired) electrons. The van der Waals surface area contributed by atoms with Gasteiger partial charge in [0.05, 0.1) is 13.2 Å². The summed E-state index contributed by atoms with van der Waals surface area (Å²) in [4.78, 5) is 12.3. The highest BCUT2D eigenvalue weighted by molar-refractivity contribution is 9.10. The van der Waals surface area contributed by atoms with Crippen LogP contribution in [0.25, 0.3) is 0 Å². The van der Waals surface area contributed by atoms with Gasteiger partial charge in [0, 0.05) is 30.2 Å². The smallest absolute Gasteiger partial charge is 0.407 e. The van der Waals surface area contributed by atoms with Gasteiger partial charge in [-0.05, 0) is 37.0 Å². The number of carboxylic acid groups (broad SMARTS) is 1. The minimum absolute atomic E-state index is 0.402. The Morgan fingerprint density at radius 2 is 2.14 bits per heavy atom. The van der Waals surface area contributed by atoms with E-state index < -0.39 is 6.09 Å². The van der Waals surface area contributed by atoms with Crippen LogP contribution in [-0.2, 0) is 11.3 Å². The lowest BCUT2D eigenvalue weighted by Crippen LogP contribution is -2.38. The molecule has 1 fully saturated rings. The van der Waals surface area contributed by atoms with Crippen molar-refractivity contribution in [2.75, 3.05) is 26.8 Å². The monoisotopic (exact) mass is 357 g/mol. The van der Waals surface area contributed by atoms with Crippen LogP contribution in [0.2, 0.25) is 0 Å². The summed E-state index contributed by atoms with van der Waals surface area (Å²) in [5.41, 5.74) is 1.01. The van der Waals surface area contributed by atoms with E-state index in [-0.39, 0.29) is 0 Å². The predicted molar refractivity (Wildman–Crippen MR) is 82.7 cm³/mol. The highest BCUT2D eigenvalue weighted by atomic mass is 79.9. The number of rotatable bonds is 5. The third kappa shape index (κ3) is 4.61. The van der Waals surface area contributed by atoms with E-state index in [2.05, 4.69) is 15.9 Å². The summed E-state index contributed by atoms with van der Waals surface area (Å²) < 4.78 is 12.1. The Kier molecular flexibility index (Phi) is 5.87. The zero-order valence-electron chi connectivity index (χ0n) is 12.0. The maximum absolute atomic E-state index is 10.9. The van der Waals surface area contributed by atoms with E-state index in [4.69, 9.17) is 14.6 Å². The summed E-state index contributed by atoms with van der Waals surface area (Å²) in [5, 5.41) is 8.93. The molecule has 1 N–H and O–H groups in total. The van der Waals surface area contributed by atoms with Crippen LogP contribution in [0.15, 0.2) is 22.7 Å². The van der Waals surface area contributed by atoms with Gasteiger partial charge < -0.3 is 19.5 Å². The normalized spacial score (nSPS) is 16.0. The molecule has 0 atom stereocenters. The second kappa shape index (κ2) is 7.66. The summed E-state index contributed by atoms with van der Waals surface area (Å²) >= 11 is 3.44. The molecular formula is C15H20BrNO4. The van der Waals surface area contributed by atoms with E-state index in [1.54, 1.807) is 7.11 Å². The van der Waals surface area contributed by atoms with Crippen molar-refractivity contribution in [1.29, 1.82) is 0 Å². The van der Waals surface area contributed by atoms with Crippen molar-refractivity contribution in [3.63, 3.8) is 0 Å². The minimum atomic E-state index is -0.829. The Morgan fingerprint density at radius 3 is 2.76 bits per heavy atom. The third-order valence-electron chi connectivity index (χ3n) is 3.68. The number of ether oxygens (including phenoxy) is 2. The molecular weight excluding hydrogens is 338 g/mol. The van der Waals surface area contributed by atoms with Crippen LogP contribution in [-0.4, -0.2) is 42.9 Å². The number of amides is 1. The molecule has 6 heteroatoms. The van der Waals surface area contributed by atoms with Crippen molar-refractivity contribution in [1.82, 2.24) is 4.90 Å². The zero-order chi connectivity index (χ0) is 15.2. The summed E-state index contributed by atoms with van der Waals surface area (Å²) in [6.07, 6.45) is 0.870. The van der Waals surface area contributed by atoms with Crippen LogP contribution < -0.4 is 4.74 Å². The number of hydrogen-bond acceptors (Lipinski definition) is 3. The maximum atomic E-state index is 10.9. The molecule has 0 bridgehead atoms. The highest BCUT2D eigenvalue weighted by Gasteiger charge is 2.22. The van der Waals surface area contributed by atoms with Crippen LogP contribution in [0.1, 0.15) is 18.4 Å². The van der Waals surface area contributed by atoms with E-state index in [1.165, 1.54) is 4.90 Å². The fourth-order valence-electron chi connectivity index (χ4n) is 2.46. The Labute approximate surface area is 133 Å². The Morgan fingerprint density at radius 1 is 1.43 bits per heavy atom. The maximum Gasteiger partial charge on any atom is 0.407 e. The van der Waals surface area contributed by atoms with Crippen LogP contribution >= 0.6 is 15.9 Å². The van der Waals surface area contributed by atoms with Gasteiger partial charge in [0.15, 0.2) is 0 Å². The first-order chi connectivity index (χ1) is 10.1. The molecule has 1 aliphatic heterocycles. The van der Waals surface area contributed by atoms with Crippen molar-refractivity contribution in [2.45, 2.75) is 19.4 Å². The molecule has 0 aliphatic carbocycles. The van der Waals surface area contributed by atoms with Gasteiger partial charge in [-0.1, -0.05) is 15.9 Å². The number of piperidine rings is 1. The van der Waals surface area contributed by atoms with Crippen LogP contribution in [0.4, 0.5) is 4.79 Å². The Hall–Kier alpha value is -1.27. The van der Waals surface area contributed by atoms with Crippen LogP contribution in [0, 0.1) is 5.92 Å². The molecule has 1 aliphatic rings. The molecule has 1 aromatic carbocycles. The number of benzene rings is 1. The molecule has 1 aromatic rings. The average molecular weight is 358 g/mol. The van der Waals surface area contributed by atoms with E-state index in [9.17, 15) is 4.79 Å². The largest absolute Gasteiger partial charge is 0.493 e. The lowest BCUT2D eigenvalue weighted by molar-refractivity contribution is 0.110. The molecule has 0 spiro atoms. The van der Waals surface area contributed by atoms with E-state index in [1.807, 2.05) is 18.2 Å². The Bertz CT molecular complexity index is 487. The first kappa shape index (κ1) is 16.1. The zero-order valence-corrected chi connectivity index (χ0v) is 13.6. The highest BCUT2D eigenvalue weighted by Crippen LogP contribution is 2.26. The second-order valence-corrected chi connectivity index (χ2v) is 6.12. The molecule has 5 nitrogen and oxygen atoms in total. The molecule has 116 valence electrons. The Balaban J connectivity index is 1.87. The molecule has 1 heterocycles. The van der Waals surface area contributed by atoms with Gasteiger partial charge in [0.1, 0.15) is 5.75 Å². The average Bonchev–Trinajstić information content (AvgIpc) is 2.47. The first-order valence-electron chi connectivity index (χ1n) is 6.98. The van der Waals surface area contributed by atoms with Gasteiger partial charge in [0.2, 0.25) is 0 Å². The van der Waals surface area contributed by atoms with Crippen molar-refractivity contribution >= 4 is 22.0 Å². The fourth-order valence-corrected chi connectivity index (χ4v) is 2.86. The van der Waals surface area contributed by atoms with E-state index in [0.29, 0.717) is 32.2 Å². The number of methoxy groups -OCH3 is 1. The van der Waals surface area contributed by atoms with Crippen molar-refractivity contribution in [3.05, 3.63) is 28.2 Å². The summed E-state index contributed by atoms with van der Waals surface area (Å²) in [7, 11) is 1.66. The van der Waals surface area contributed by atoms with E-state index in [0.717, 1.165) is 28.6 Å². The minimum Gasteiger partial charge on any atom is -0.493 e. The third-order valence-corrected chi connectivity index (χ3v) is 4.18. The fraction of sp³-hybridized carbons (Fsp3) is 0.533. The SMILES string of the molecule is COCc1cc(Br)ccc1OCC1CCN(C(=O)O)CC1. The standard InChI is InChI=1S/C15H20BrNO4/c1-20-10-12-8-13(16)2-3-14(12)21-9-11-4-6-17(7-5-11)15(18)19/h2-3,8,11H,4-7,9-10H2,1H3,(H,18,19). The lowest BCUT2D eigenvalue weighted by atomic mass is 9.98. The molecule has 1 amide bonds. The van der Waals surface area contributed by atoms with Gasteiger partial charge in [-0.25, -0.2) is 4.79 Å². The summed E-state index contributed by atoms with van der Waals surface area (Å²) in [6.45, 7) is 2.31. The van der Waals surface area contributed by atoms with Crippen molar-refractivity contribution in [3.8, 4) is 5.75 Å². The molecule has 21 heavy (non-hydrogen) atoms. The molecule has 2 rings (SSSR count). The molecule has 0 unspecified atom stereocenters. The number of likely N-dealkylation sites (tertiary alicyclic amines) is 1. The molecule has 0 saturated carbocycles. The molecule has 0 aromatic heterocycles. The lowest BCUT2D eigenvalue weighted by Gasteiger charge is -2.30. The summed E-state index contributed by atoms with van der Waals surface area (Å²) in [6, 6.07) is 5.87. The summed E-state index contributed by atoms with van der Waals surface area (Å²) in [5.74, 6) is 1.24. The number of hydrogen-bond donors (Lipinski definition) is 1. The van der Waals surface area contributed by atoms with Gasteiger partial charge in [-0.2, -0.15) is 0 Å². The van der Waals surface area contributed by atoms with Gasteiger partial charge >= 0.3 is 6.09 Å². The van der Waals surface area contributed by atoms with Crippen LogP contribution in [0.5, 0.6) is 5.75 Å². The molecule has 1 saturated heterocycles. The number of carbonyl (C=O) groups is 1. The van der Waals surface area contributed by atoms with E-state index >= 15 is 0 Å². The second-order valence-electron chi connectivity index (χ2n) is 5.21. The first-order valence-corrected chi connectivity index (χ1v) is 7.77. The van der Waals surface area contributed by atoms with Crippen molar-refractivity contribution in [2.24, 2.45) is 5.92 Å². The van der Waals surface area contributed by atoms with Gasteiger partial charge in [-0.15, -0.1) is 0 Å². The van der Waals surface area contributed by atoms with Crippen molar-refractivity contribution < 1.29 is 19.4 Å². The van der Waals surface area contributed by atoms with Crippen LogP contribution in [0.3, 0.4) is 0 Å². The topological polar surface area (TPSA) is 59.0 Å².